The van der Waals surface area contributed by atoms with Crippen molar-refractivity contribution in [2.45, 2.75) is 58.7 Å². The van der Waals surface area contributed by atoms with Gasteiger partial charge >= 0.3 is 0 Å². The van der Waals surface area contributed by atoms with Gasteiger partial charge < -0.3 is 15.3 Å². The number of hydrogen-bond acceptors (Lipinski definition) is 4. The van der Waals surface area contributed by atoms with Gasteiger partial charge in [-0.1, -0.05) is 37.6 Å². The highest BCUT2D eigenvalue weighted by atomic mass is 16.3. The maximum Gasteiger partial charge on any atom is 0.251 e. The Morgan fingerprint density at radius 2 is 1.68 bits per heavy atom. The lowest BCUT2D eigenvalue weighted by Gasteiger charge is -2.29. The molecule has 0 saturated carbocycles. The molecule has 0 aliphatic carbocycles. The maximum atomic E-state index is 12.5. The number of nitrogens with zero attached hydrogens (tertiary/aromatic N) is 2. The number of anilines is 1. The summed E-state index contributed by atoms with van der Waals surface area (Å²) in [5, 5.41) is 12.7. The Hall–Kier alpha value is -2.37. The van der Waals surface area contributed by atoms with E-state index < -0.39 is 0 Å². The predicted octanol–water partition coefficient (Wildman–Crippen LogP) is 4.20. The molecule has 0 unspecified atom stereocenters. The van der Waals surface area contributed by atoms with Crippen molar-refractivity contribution in [1.82, 2.24) is 10.2 Å². The average molecular weight is 424 g/mol. The second-order valence-electron chi connectivity index (χ2n) is 8.49. The Bertz CT molecular complexity index is 796. The molecule has 1 aliphatic heterocycles. The van der Waals surface area contributed by atoms with Crippen LogP contribution in [0.25, 0.3) is 0 Å². The van der Waals surface area contributed by atoms with Gasteiger partial charge in [0.1, 0.15) is 0 Å². The van der Waals surface area contributed by atoms with Crippen LogP contribution < -0.4 is 10.2 Å². The first-order valence-corrected chi connectivity index (χ1v) is 11.7. The molecule has 0 spiro atoms. The van der Waals surface area contributed by atoms with Crippen LogP contribution in [-0.2, 0) is 13.1 Å². The van der Waals surface area contributed by atoms with Crippen molar-refractivity contribution in [3.05, 3.63) is 65.2 Å². The summed E-state index contributed by atoms with van der Waals surface area (Å²) in [5.74, 6) is -0.0425. The van der Waals surface area contributed by atoms with Crippen LogP contribution in [0, 0.1) is 0 Å². The molecule has 31 heavy (non-hydrogen) atoms. The second-order valence-corrected chi connectivity index (χ2v) is 8.49. The zero-order valence-electron chi connectivity index (χ0n) is 19.0. The van der Waals surface area contributed by atoms with Crippen molar-refractivity contribution in [3.63, 3.8) is 0 Å². The summed E-state index contributed by atoms with van der Waals surface area (Å²) in [6.45, 7) is 9.73. The lowest BCUT2D eigenvalue weighted by atomic mass is 10.1. The smallest absolute Gasteiger partial charge is 0.251 e. The Morgan fingerprint density at radius 3 is 2.29 bits per heavy atom. The first-order valence-electron chi connectivity index (χ1n) is 11.7. The van der Waals surface area contributed by atoms with Gasteiger partial charge in [0, 0.05) is 50.5 Å². The minimum atomic E-state index is -0.134. The average Bonchev–Trinajstić information content (AvgIpc) is 2.81. The van der Waals surface area contributed by atoms with Crippen molar-refractivity contribution in [2.24, 2.45) is 0 Å². The molecule has 5 heteroatoms. The number of piperidine rings is 1. The lowest BCUT2D eigenvalue weighted by molar-refractivity contribution is 0.0792. The van der Waals surface area contributed by atoms with Crippen LogP contribution in [0.2, 0.25) is 0 Å². The second kappa shape index (κ2) is 11.9. The third-order valence-corrected chi connectivity index (χ3v) is 6.10. The molecule has 2 aromatic rings. The summed E-state index contributed by atoms with van der Waals surface area (Å²) < 4.78 is 0. The number of likely N-dealkylation sites (tertiary alicyclic amines) is 1. The summed E-state index contributed by atoms with van der Waals surface area (Å²) >= 11 is 0. The molecule has 168 valence electrons. The van der Waals surface area contributed by atoms with Gasteiger partial charge in [-0.3, -0.25) is 9.69 Å². The van der Waals surface area contributed by atoms with E-state index in [0.717, 1.165) is 51.1 Å². The monoisotopic (exact) mass is 423 g/mol. The van der Waals surface area contributed by atoms with Crippen molar-refractivity contribution in [2.75, 3.05) is 31.1 Å². The van der Waals surface area contributed by atoms with E-state index in [0.29, 0.717) is 12.1 Å². The lowest BCUT2D eigenvalue weighted by Crippen LogP contribution is -2.35. The van der Waals surface area contributed by atoms with Gasteiger partial charge in [0.05, 0.1) is 6.10 Å². The number of aliphatic hydroxyl groups excluding tert-OH is 1. The van der Waals surface area contributed by atoms with Gasteiger partial charge in [0.2, 0.25) is 0 Å². The molecule has 0 atom stereocenters. The number of carbonyl (C=O) groups is 1. The van der Waals surface area contributed by atoms with E-state index in [1.54, 1.807) is 0 Å². The Morgan fingerprint density at radius 1 is 1.03 bits per heavy atom. The molecular formula is C26H37N3O2. The third kappa shape index (κ3) is 7.08. The molecule has 1 amide bonds. The first-order chi connectivity index (χ1) is 15.1. The fraction of sp³-hybridized carbons (Fsp3) is 0.500. The van der Waals surface area contributed by atoms with Crippen LogP contribution in [0.5, 0.6) is 0 Å². The first kappa shape index (κ1) is 23.3. The fourth-order valence-electron chi connectivity index (χ4n) is 4.02. The normalized spacial score (nSPS) is 15.1. The summed E-state index contributed by atoms with van der Waals surface area (Å²) in [5.41, 5.74) is 4.23. The minimum Gasteiger partial charge on any atom is -0.393 e. The molecule has 1 aliphatic rings. The molecule has 1 fully saturated rings. The van der Waals surface area contributed by atoms with Crippen LogP contribution >= 0.6 is 0 Å². The van der Waals surface area contributed by atoms with E-state index >= 15 is 0 Å². The van der Waals surface area contributed by atoms with Crippen LogP contribution in [0.3, 0.4) is 0 Å². The Balaban J connectivity index is 1.47. The van der Waals surface area contributed by atoms with Gasteiger partial charge in [-0.15, -0.1) is 0 Å². The quantitative estimate of drug-likeness (QED) is 0.601. The van der Waals surface area contributed by atoms with Gasteiger partial charge in [0.15, 0.2) is 0 Å². The summed E-state index contributed by atoms with van der Waals surface area (Å²) in [7, 11) is 0. The van der Waals surface area contributed by atoms with Crippen LogP contribution in [0.15, 0.2) is 48.5 Å². The molecule has 5 nitrogen and oxygen atoms in total. The SMILES string of the molecule is CCCCN(CC)c1ccc(C(=O)NCc2ccc(CN3CCC(O)CC3)cc2)cc1. The largest absolute Gasteiger partial charge is 0.393 e. The highest BCUT2D eigenvalue weighted by Crippen LogP contribution is 2.17. The number of hydrogen-bond donors (Lipinski definition) is 2. The minimum absolute atomic E-state index is 0.0425. The zero-order chi connectivity index (χ0) is 22.1. The number of nitrogens with one attached hydrogen (secondary N) is 1. The standard InChI is InChI=1S/C26H37N3O2/c1-3-5-16-29(4-2)24-12-10-23(11-13-24)26(31)27-19-21-6-8-22(9-7-21)20-28-17-14-25(30)15-18-28/h6-13,25,30H,3-5,14-20H2,1-2H3,(H,27,31). The summed E-state index contributed by atoms with van der Waals surface area (Å²) in [6.07, 6.45) is 3.95. The molecule has 0 radical (unpaired) electrons. The van der Waals surface area contributed by atoms with E-state index in [4.69, 9.17) is 0 Å². The predicted molar refractivity (Wildman–Crippen MR) is 127 cm³/mol. The molecule has 3 rings (SSSR count). The van der Waals surface area contributed by atoms with Crippen molar-refractivity contribution < 1.29 is 9.90 Å². The number of rotatable bonds is 10. The number of amides is 1. The zero-order valence-corrected chi connectivity index (χ0v) is 19.0. The van der Waals surface area contributed by atoms with E-state index in [1.165, 1.54) is 24.1 Å². The molecule has 2 aromatic carbocycles. The number of unbranched alkanes of at least 4 members (excludes halogenated alkanes) is 1. The van der Waals surface area contributed by atoms with Gasteiger partial charge in [-0.05, 0) is 61.6 Å². The number of benzene rings is 2. The Labute approximate surface area is 187 Å². The van der Waals surface area contributed by atoms with Crippen LogP contribution in [-0.4, -0.2) is 48.2 Å². The molecule has 1 saturated heterocycles. The highest BCUT2D eigenvalue weighted by molar-refractivity contribution is 5.94. The van der Waals surface area contributed by atoms with Crippen molar-refractivity contribution in [3.8, 4) is 0 Å². The van der Waals surface area contributed by atoms with Crippen molar-refractivity contribution in [1.29, 1.82) is 0 Å². The van der Waals surface area contributed by atoms with E-state index in [9.17, 15) is 9.90 Å². The fourth-order valence-corrected chi connectivity index (χ4v) is 4.02. The molecule has 2 N–H and O–H groups in total. The van der Waals surface area contributed by atoms with Crippen LogP contribution in [0.4, 0.5) is 5.69 Å². The van der Waals surface area contributed by atoms with Gasteiger partial charge in [0.25, 0.3) is 5.91 Å². The number of carbonyl (C=O) groups excluding carboxylic acids is 1. The van der Waals surface area contributed by atoms with E-state index in [-0.39, 0.29) is 12.0 Å². The summed E-state index contributed by atoms with van der Waals surface area (Å²) in [6, 6.07) is 16.4. The van der Waals surface area contributed by atoms with Gasteiger partial charge in [-0.25, -0.2) is 0 Å². The van der Waals surface area contributed by atoms with E-state index in [2.05, 4.69) is 53.2 Å². The van der Waals surface area contributed by atoms with Crippen LogP contribution in [0.1, 0.15) is 61.0 Å². The molecule has 1 heterocycles. The topological polar surface area (TPSA) is 55.8 Å². The number of aliphatic hydroxyl groups is 1. The third-order valence-electron chi connectivity index (χ3n) is 6.10. The maximum absolute atomic E-state index is 12.5. The molecule has 0 bridgehead atoms. The van der Waals surface area contributed by atoms with Crippen molar-refractivity contribution >= 4 is 11.6 Å². The van der Waals surface area contributed by atoms with Gasteiger partial charge in [-0.2, -0.15) is 0 Å². The highest BCUT2D eigenvalue weighted by Gasteiger charge is 2.16. The Kier molecular flexibility index (Phi) is 8.92. The molecular weight excluding hydrogens is 386 g/mol. The summed E-state index contributed by atoms with van der Waals surface area (Å²) in [4.78, 5) is 17.3. The van der Waals surface area contributed by atoms with E-state index in [1.807, 2.05) is 24.3 Å². The molecule has 0 aromatic heterocycles.